The van der Waals surface area contributed by atoms with Gasteiger partial charge >= 0.3 is 7.12 Å². The molecule has 0 amide bonds. The van der Waals surface area contributed by atoms with Crippen LogP contribution >= 0.6 is 0 Å². The van der Waals surface area contributed by atoms with Crippen molar-refractivity contribution >= 4 is 23.5 Å². The van der Waals surface area contributed by atoms with Gasteiger partial charge in [0.05, 0.1) is 5.52 Å². The molecule has 2 rings (SSSR count). The molecule has 0 bridgehead atoms. The zero-order chi connectivity index (χ0) is 12.3. The summed E-state index contributed by atoms with van der Waals surface area (Å²) >= 11 is 0. The van der Waals surface area contributed by atoms with Gasteiger partial charge in [0.15, 0.2) is 0 Å². The molecule has 0 unspecified atom stereocenters. The highest BCUT2D eigenvalue weighted by molar-refractivity contribution is 6.58. The van der Waals surface area contributed by atoms with Crippen LogP contribution in [-0.4, -0.2) is 35.7 Å². The molecule has 0 atom stereocenters. The fraction of sp³-hybridized carbons (Fsp3) is 0.250. The molecule has 5 heteroatoms. The van der Waals surface area contributed by atoms with Crippen LogP contribution in [0.25, 0.3) is 10.9 Å². The summed E-state index contributed by atoms with van der Waals surface area (Å²) in [4.78, 5) is 4.49. The number of nitrogens with one attached hydrogen (secondary N) is 1. The Morgan fingerprint density at radius 1 is 1.24 bits per heavy atom. The normalized spacial score (nSPS) is 10.8. The molecule has 0 aliphatic heterocycles. The quantitative estimate of drug-likeness (QED) is 0.629. The predicted octanol–water partition coefficient (Wildman–Crippen LogP) is -0.324. The molecule has 0 fully saturated rings. The molecule has 0 spiro atoms. The first-order valence-corrected chi connectivity index (χ1v) is 5.61. The highest BCUT2D eigenvalue weighted by Gasteiger charge is 2.11. The third-order valence-corrected chi connectivity index (χ3v) is 2.70. The zero-order valence-corrected chi connectivity index (χ0v) is 9.72. The Morgan fingerprint density at radius 2 is 2.00 bits per heavy atom. The summed E-state index contributed by atoms with van der Waals surface area (Å²) in [7, 11) is 0.462. The van der Waals surface area contributed by atoms with E-state index in [1.165, 1.54) is 0 Å². The molecule has 1 aromatic carbocycles. The Balaban J connectivity index is 2.36. The van der Waals surface area contributed by atoms with Gasteiger partial charge in [-0.1, -0.05) is 18.2 Å². The Kier molecular flexibility index (Phi) is 3.73. The van der Waals surface area contributed by atoms with Gasteiger partial charge < -0.3 is 15.4 Å². The van der Waals surface area contributed by atoms with Gasteiger partial charge in [-0.05, 0) is 24.6 Å². The molecule has 2 aromatic rings. The second kappa shape index (κ2) is 5.27. The van der Waals surface area contributed by atoms with Crippen LogP contribution in [0.1, 0.15) is 5.69 Å². The van der Waals surface area contributed by atoms with Crippen molar-refractivity contribution in [1.29, 1.82) is 0 Å². The first-order valence-electron chi connectivity index (χ1n) is 5.61. The molecule has 0 saturated carbocycles. The summed E-state index contributed by atoms with van der Waals surface area (Å²) in [5, 5.41) is 22.3. The maximum absolute atomic E-state index is 9.11. The Hall–Kier alpha value is -1.43. The van der Waals surface area contributed by atoms with E-state index in [9.17, 15) is 0 Å². The summed E-state index contributed by atoms with van der Waals surface area (Å²) in [5.41, 5.74) is 2.26. The van der Waals surface area contributed by atoms with Gasteiger partial charge in [0.25, 0.3) is 0 Å². The van der Waals surface area contributed by atoms with Crippen molar-refractivity contribution in [2.24, 2.45) is 0 Å². The van der Waals surface area contributed by atoms with Gasteiger partial charge in [0.2, 0.25) is 0 Å². The van der Waals surface area contributed by atoms with E-state index in [4.69, 9.17) is 10.0 Å². The standard InChI is InChI=1S/C12H15BN2O2/c1-14-7-6-11-5-3-9-2-4-10(13(16)17)8-12(9)15-11/h2-5,8,14,16-17H,6-7H2,1H3. The minimum Gasteiger partial charge on any atom is -0.423 e. The van der Waals surface area contributed by atoms with E-state index in [0.29, 0.717) is 5.46 Å². The molecular formula is C12H15BN2O2. The molecule has 1 aromatic heterocycles. The number of pyridine rings is 1. The second-order valence-corrected chi connectivity index (χ2v) is 3.98. The third-order valence-electron chi connectivity index (χ3n) is 2.70. The zero-order valence-electron chi connectivity index (χ0n) is 9.72. The van der Waals surface area contributed by atoms with Crippen LogP contribution in [0.15, 0.2) is 30.3 Å². The number of benzene rings is 1. The van der Waals surface area contributed by atoms with Crippen LogP contribution in [0.2, 0.25) is 0 Å². The van der Waals surface area contributed by atoms with Gasteiger partial charge in [-0.3, -0.25) is 4.98 Å². The van der Waals surface area contributed by atoms with Crippen LogP contribution in [0.5, 0.6) is 0 Å². The summed E-state index contributed by atoms with van der Waals surface area (Å²) in [6.07, 6.45) is 0.859. The van der Waals surface area contributed by atoms with E-state index in [0.717, 1.165) is 29.6 Å². The van der Waals surface area contributed by atoms with Crippen molar-refractivity contribution in [1.82, 2.24) is 10.3 Å². The SMILES string of the molecule is CNCCc1ccc2ccc(B(O)O)cc2n1. The van der Waals surface area contributed by atoms with Crippen molar-refractivity contribution < 1.29 is 10.0 Å². The van der Waals surface area contributed by atoms with Gasteiger partial charge in [-0.2, -0.15) is 0 Å². The summed E-state index contributed by atoms with van der Waals surface area (Å²) in [6, 6.07) is 9.25. The maximum Gasteiger partial charge on any atom is 0.488 e. The fourth-order valence-corrected chi connectivity index (χ4v) is 1.73. The topological polar surface area (TPSA) is 65.4 Å². The van der Waals surface area contributed by atoms with Crippen LogP contribution in [0.4, 0.5) is 0 Å². The number of hydrogen-bond donors (Lipinski definition) is 3. The highest BCUT2D eigenvalue weighted by Crippen LogP contribution is 2.11. The molecule has 3 N–H and O–H groups in total. The molecular weight excluding hydrogens is 215 g/mol. The molecule has 88 valence electrons. The van der Waals surface area contributed by atoms with Gasteiger partial charge in [0.1, 0.15) is 0 Å². The van der Waals surface area contributed by atoms with Gasteiger partial charge in [-0.25, -0.2) is 0 Å². The van der Waals surface area contributed by atoms with Crippen LogP contribution in [-0.2, 0) is 6.42 Å². The number of rotatable bonds is 4. The van der Waals surface area contributed by atoms with Crippen molar-refractivity contribution in [2.75, 3.05) is 13.6 Å². The highest BCUT2D eigenvalue weighted by atomic mass is 16.4. The minimum absolute atomic E-state index is 0.468. The molecule has 4 nitrogen and oxygen atoms in total. The van der Waals surface area contributed by atoms with E-state index in [1.54, 1.807) is 12.1 Å². The number of likely N-dealkylation sites (N-methyl/N-ethyl adjacent to an activating group) is 1. The number of nitrogens with zero attached hydrogens (tertiary/aromatic N) is 1. The lowest BCUT2D eigenvalue weighted by Gasteiger charge is -2.05. The van der Waals surface area contributed by atoms with Crippen LogP contribution < -0.4 is 10.8 Å². The lowest BCUT2D eigenvalue weighted by Crippen LogP contribution is -2.29. The van der Waals surface area contributed by atoms with Gasteiger partial charge in [0, 0.05) is 24.0 Å². The van der Waals surface area contributed by atoms with Crippen molar-refractivity contribution in [3.63, 3.8) is 0 Å². The monoisotopic (exact) mass is 230 g/mol. The van der Waals surface area contributed by atoms with Crippen molar-refractivity contribution in [2.45, 2.75) is 6.42 Å². The fourth-order valence-electron chi connectivity index (χ4n) is 1.73. The summed E-state index contributed by atoms with van der Waals surface area (Å²) in [6.45, 7) is 0.876. The molecule has 1 heterocycles. The van der Waals surface area contributed by atoms with Crippen molar-refractivity contribution in [3.05, 3.63) is 36.0 Å². The smallest absolute Gasteiger partial charge is 0.423 e. The molecule has 17 heavy (non-hydrogen) atoms. The van der Waals surface area contributed by atoms with Gasteiger partial charge in [-0.15, -0.1) is 0 Å². The first-order chi connectivity index (χ1) is 8.20. The third kappa shape index (κ3) is 2.82. The average molecular weight is 230 g/mol. The van der Waals surface area contributed by atoms with E-state index in [2.05, 4.69) is 10.3 Å². The number of aromatic nitrogens is 1. The predicted molar refractivity (Wildman–Crippen MR) is 69.2 cm³/mol. The van der Waals surface area contributed by atoms with Crippen LogP contribution in [0.3, 0.4) is 0 Å². The number of hydrogen-bond acceptors (Lipinski definition) is 4. The molecule has 0 aliphatic carbocycles. The number of fused-ring (bicyclic) bond motifs is 1. The lowest BCUT2D eigenvalue weighted by molar-refractivity contribution is 0.426. The minimum atomic E-state index is -1.44. The van der Waals surface area contributed by atoms with E-state index in [-0.39, 0.29) is 0 Å². The molecule has 0 saturated heterocycles. The Bertz CT molecular complexity index is 517. The largest absolute Gasteiger partial charge is 0.488 e. The summed E-state index contributed by atoms with van der Waals surface area (Å²) < 4.78 is 0. The second-order valence-electron chi connectivity index (χ2n) is 3.98. The first kappa shape index (κ1) is 12.0. The summed E-state index contributed by atoms with van der Waals surface area (Å²) in [5.74, 6) is 0. The molecule has 0 radical (unpaired) electrons. The lowest BCUT2D eigenvalue weighted by atomic mass is 9.80. The molecule has 0 aliphatic rings. The Labute approximate surface area is 100 Å². The average Bonchev–Trinajstić information content (AvgIpc) is 2.35. The van der Waals surface area contributed by atoms with E-state index < -0.39 is 7.12 Å². The Morgan fingerprint density at radius 3 is 2.71 bits per heavy atom. The van der Waals surface area contributed by atoms with Crippen LogP contribution in [0, 0.1) is 0 Å². The van der Waals surface area contributed by atoms with E-state index in [1.807, 2.05) is 25.2 Å². The van der Waals surface area contributed by atoms with Crippen molar-refractivity contribution in [3.8, 4) is 0 Å². The maximum atomic E-state index is 9.11. The van der Waals surface area contributed by atoms with E-state index >= 15 is 0 Å².